The molecule has 0 spiro atoms. The fourth-order valence-corrected chi connectivity index (χ4v) is 2.87. The zero-order chi connectivity index (χ0) is 15.2. The molecule has 2 aromatic carbocycles. The van der Waals surface area contributed by atoms with Gasteiger partial charge >= 0.3 is 0 Å². The summed E-state index contributed by atoms with van der Waals surface area (Å²) in [5, 5.41) is 4.94. The number of rotatable bonds is 6. The van der Waals surface area contributed by atoms with Crippen LogP contribution >= 0.6 is 23.2 Å². The average Bonchev–Trinajstić information content (AvgIpc) is 2.47. The lowest BCUT2D eigenvalue weighted by Crippen LogP contribution is -2.23. The van der Waals surface area contributed by atoms with Gasteiger partial charge in [0.05, 0.1) is 7.11 Å². The van der Waals surface area contributed by atoms with Crippen LogP contribution in [0.3, 0.4) is 0 Å². The lowest BCUT2D eigenvalue weighted by Gasteiger charge is -2.20. The van der Waals surface area contributed by atoms with E-state index >= 15 is 0 Å². The summed E-state index contributed by atoms with van der Waals surface area (Å²) < 4.78 is 5.20. The molecule has 1 N–H and O–H groups in total. The van der Waals surface area contributed by atoms with E-state index in [1.165, 1.54) is 5.56 Å². The van der Waals surface area contributed by atoms with E-state index in [9.17, 15) is 0 Å². The number of nitrogens with one attached hydrogen (secondary N) is 1. The standard InChI is InChI=1S/C17H19Cl2NO/c1-3-20-17(10-12-5-4-6-13(18)9-12)15-8-7-14(21-2)11-16(15)19/h4-9,11,17,20H,3,10H2,1-2H3. The van der Waals surface area contributed by atoms with Gasteiger partial charge in [0.25, 0.3) is 0 Å². The summed E-state index contributed by atoms with van der Waals surface area (Å²) in [4.78, 5) is 0. The van der Waals surface area contributed by atoms with Crippen molar-refractivity contribution < 1.29 is 4.74 Å². The minimum atomic E-state index is 0.145. The van der Waals surface area contributed by atoms with Gasteiger partial charge < -0.3 is 10.1 Å². The van der Waals surface area contributed by atoms with Gasteiger partial charge in [-0.05, 0) is 48.4 Å². The van der Waals surface area contributed by atoms with Gasteiger partial charge in [-0.15, -0.1) is 0 Å². The summed E-state index contributed by atoms with van der Waals surface area (Å²) in [5.74, 6) is 0.766. The average molecular weight is 324 g/mol. The summed E-state index contributed by atoms with van der Waals surface area (Å²) in [5.41, 5.74) is 2.25. The summed E-state index contributed by atoms with van der Waals surface area (Å²) in [7, 11) is 1.64. The predicted octanol–water partition coefficient (Wildman–Crippen LogP) is 4.90. The fourth-order valence-electron chi connectivity index (χ4n) is 2.36. The molecule has 2 nitrogen and oxygen atoms in total. The highest BCUT2D eigenvalue weighted by Crippen LogP contribution is 2.29. The molecule has 2 aromatic rings. The maximum absolute atomic E-state index is 6.39. The second-order valence-electron chi connectivity index (χ2n) is 4.83. The highest BCUT2D eigenvalue weighted by Gasteiger charge is 2.15. The molecule has 0 aliphatic rings. The normalized spacial score (nSPS) is 12.2. The van der Waals surface area contributed by atoms with Gasteiger partial charge in [-0.1, -0.05) is 48.3 Å². The first-order valence-corrected chi connectivity index (χ1v) is 7.71. The Morgan fingerprint density at radius 3 is 2.57 bits per heavy atom. The van der Waals surface area contributed by atoms with Gasteiger partial charge in [-0.25, -0.2) is 0 Å². The maximum Gasteiger partial charge on any atom is 0.120 e. The third kappa shape index (κ3) is 4.37. The SMILES string of the molecule is CCNC(Cc1cccc(Cl)c1)c1ccc(OC)cc1Cl. The van der Waals surface area contributed by atoms with Crippen molar-refractivity contribution in [3.05, 3.63) is 63.6 Å². The summed E-state index contributed by atoms with van der Waals surface area (Å²) in [6, 6.07) is 13.9. The van der Waals surface area contributed by atoms with Gasteiger partial charge in [0.2, 0.25) is 0 Å². The smallest absolute Gasteiger partial charge is 0.120 e. The van der Waals surface area contributed by atoms with Crippen molar-refractivity contribution in [2.75, 3.05) is 13.7 Å². The van der Waals surface area contributed by atoms with Crippen LogP contribution in [0.2, 0.25) is 10.0 Å². The second kappa shape index (κ2) is 7.69. The molecule has 0 aliphatic heterocycles. The van der Waals surface area contributed by atoms with Crippen LogP contribution in [0, 0.1) is 0 Å². The maximum atomic E-state index is 6.39. The third-order valence-electron chi connectivity index (χ3n) is 3.36. The molecule has 0 radical (unpaired) electrons. The van der Waals surface area contributed by atoms with Crippen LogP contribution in [0.4, 0.5) is 0 Å². The highest BCUT2D eigenvalue weighted by molar-refractivity contribution is 6.31. The van der Waals surface area contributed by atoms with Gasteiger partial charge in [-0.2, -0.15) is 0 Å². The molecule has 1 unspecified atom stereocenters. The van der Waals surface area contributed by atoms with Crippen molar-refractivity contribution in [2.24, 2.45) is 0 Å². The Bertz CT molecular complexity index is 601. The Labute approximate surface area is 136 Å². The zero-order valence-electron chi connectivity index (χ0n) is 12.2. The monoisotopic (exact) mass is 323 g/mol. The van der Waals surface area contributed by atoms with Crippen LogP contribution < -0.4 is 10.1 Å². The highest BCUT2D eigenvalue weighted by atomic mass is 35.5. The first-order chi connectivity index (χ1) is 10.1. The minimum absolute atomic E-state index is 0.145. The quantitative estimate of drug-likeness (QED) is 0.816. The molecule has 0 fully saturated rings. The number of methoxy groups -OCH3 is 1. The number of likely N-dealkylation sites (N-methyl/N-ethyl adjacent to an activating group) is 1. The molecule has 1 atom stereocenters. The molecule has 0 saturated carbocycles. The van der Waals surface area contributed by atoms with Crippen molar-refractivity contribution in [3.63, 3.8) is 0 Å². The van der Waals surface area contributed by atoms with Gasteiger partial charge in [0.15, 0.2) is 0 Å². The Hall–Kier alpha value is -1.22. The Morgan fingerprint density at radius 2 is 1.95 bits per heavy atom. The van der Waals surface area contributed by atoms with Crippen LogP contribution in [-0.2, 0) is 6.42 Å². The Morgan fingerprint density at radius 1 is 1.14 bits per heavy atom. The molecule has 0 saturated heterocycles. The van der Waals surface area contributed by atoms with E-state index in [2.05, 4.69) is 18.3 Å². The van der Waals surface area contributed by atoms with Gasteiger partial charge in [0.1, 0.15) is 5.75 Å². The predicted molar refractivity (Wildman–Crippen MR) is 89.6 cm³/mol. The molecule has 2 rings (SSSR count). The van der Waals surface area contributed by atoms with E-state index in [0.717, 1.165) is 29.3 Å². The molecular formula is C17H19Cl2NO. The van der Waals surface area contributed by atoms with Crippen LogP contribution in [0.5, 0.6) is 5.75 Å². The topological polar surface area (TPSA) is 21.3 Å². The summed E-state index contributed by atoms with van der Waals surface area (Å²) in [6.07, 6.45) is 0.834. The molecular weight excluding hydrogens is 305 g/mol. The number of ether oxygens (including phenoxy) is 1. The molecule has 0 aromatic heterocycles. The molecule has 112 valence electrons. The van der Waals surface area contributed by atoms with Crippen molar-refractivity contribution >= 4 is 23.2 Å². The summed E-state index contributed by atoms with van der Waals surface area (Å²) >= 11 is 12.4. The van der Waals surface area contributed by atoms with E-state index in [0.29, 0.717) is 5.02 Å². The number of benzene rings is 2. The lowest BCUT2D eigenvalue weighted by atomic mass is 9.98. The second-order valence-corrected chi connectivity index (χ2v) is 5.68. The third-order valence-corrected chi connectivity index (χ3v) is 3.92. The van der Waals surface area contributed by atoms with E-state index in [1.54, 1.807) is 7.11 Å². The van der Waals surface area contributed by atoms with E-state index in [4.69, 9.17) is 27.9 Å². The molecule has 0 aliphatic carbocycles. The Kier molecular flexibility index (Phi) is 5.92. The van der Waals surface area contributed by atoms with Crippen LogP contribution in [-0.4, -0.2) is 13.7 Å². The van der Waals surface area contributed by atoms with E-state index < -0.39 is 0 Å². The number of hydrogen-bond acceptors (Lipinski definition) is 2. The largest absolute Gasteiger partial charge is 0.497 e. The first kappa shape index (κ1) is 16.2. The zero-order valence-corrected chi connectivity index (χ0v) is 13.7. The van der Waals surface area contributed by atoms with Crippen molar-refractivity contribution in [1.82, 2.24) is 5.32 Å². The number of hydrogen-bond donors (Lipinski definition) is 1. The van der Waals surface area contributed by atoms with Gasteiger partial charge in [0, 0.05) is 16.1 Å². The fraction of sp³-hybridized carbons (Fsp3) is 0.294. The molecule has 0 heterocycles. The molecule has 21 heavy (non-hydrogen) atoms. The first-order valence-electron chi connectivity index (χ1n) is 6.95. The van der Waals surface area contributed by atoms with E-state index in [1.807, 2.05) is 36.4 Å². The summed E-state index contributed by atoms with van der Waals surface area (Å²) in [6.45, 7) is 2.95. The molecule has 0 bridgehead atoms. The number of halogens is 2. The van der Waals surface area contributed by atoms with Crippen LogP contribution in [0.15, 0.2) is 42.5 Å². The minimum Gasteiger partial charge on any atom is -0.497 e. The van der Waals surface area contributed by atoms with Crippen molar-refractivity contribution in [1.29, 1.82) is 0 Å². The molecule has 0 amide bonds. The van der Waals surface area contributed by atoms with E-state index in [-0.39, 0.29) is 6.04 Å². The van der Waals surface area contributed by atoms with Crippen LogP contribution in [0.25, 0.3) is 0 Å². The molecule has 4 heteroatoms. The van der Waals surface area contributed by atoms with Crippen molar-refractivity contribution in [3.8, 4) is 5.75 Å². The van der Waals surface area contributed by atoms with Crippen molar-refractivity contribution in [2.45, 2.75) is 19.4 Å². The lowest BCUT2D eigenvalue weighted by molar-refractivity contribution is 0.414. The van der Waals surface area contributed by atoms with Gasteiger partial charge in [-0.3, -0.25) is 0 Å². The van der Waals surface area contributed by atoms with Crippen LogP contribution in [0.1, 0.15) is 24.1 Å². The Balaban J connectivity index is 2.26.